The van der Waals surface area contributed by atoms with Gasteiger partial charge in [0.05, 0.1) is 13.1 Å². The number of nitrogens with zero attached hydrogens (tertiary/aromatic N) is 1. The van der Waals surface area contributed by atoms with Gasteiger partial charge in [-0.25, -0.2) is 0 Å². The molecule has 0 amide bonds. The van der Waals surface area contributed by atoms with Gasteiger partial charge in [-0.3, -0.25) is 0 Å². The molecule has 1 heterocycles. The van der Waals surface area contributed by atoms with Crippen LogP contribution in [-0.4, -0.2) is 17.6 Å². The fourth-order valence-corrected chi connectivity index (χ4v) is 4.94. The van der Waals surface area contributed by atoms with E-state index in [9.17, 15) is 0 Å². The minimum atomic E-state index is 0. The second-order valence-electron chi connectivity index (χ2n) is 7.93. The van der Waals surface area contributed by atoms with Gasteiger partial charge in [0.25, 0.3) is 0 Å². The summed E-state index contributed by atoms with van der Waals surface area (Å²) in [6, 6.07) is 26.9. The van der Waals surface area contributed by atoms with Crippen LogP contribution in [0.3, 0.4) is 0 Å². The second kappa shape index (κ2) is 7.35. The minimum Gasteiger partial charge on any atom is -1.00 e. The van der Waals surface area contributed by atoms with E-state index in [1.807, 2.05) is 0 Å². The van der Waals surface area contributed by atoms with Gasteiger partial charge in [0, 0.05) is 11.1 Å². The van der Waals surface area contributed by atoms with E-state index in [4.69, 9.17) is 0 Å². The van der Waals surface area contributed by atoms with Gasteiger partial charge in [-0.15, -0.1) is 0 Å². The van der Waals surface area contributed by atoms with Crippen LogP contribution in [0.15, 0.2) is 72.8 Å². The van der Waals surface area contributed by atoms with Crippen LogP contribution >= 0.6 is 0 Å². The maximum absolute atomic E-state index is 2.45. The highest BCUT2D eigenvalue weighted by molar-refractivity contribution is 6.07. The highest BCUT2D eigenvalue weighted by Gasteiger charge is 2.35. The van der Waals surface area contributed by atoms with Crippen molar-refractivity contribution in [1.29, 1.82) is 0 Å². The van der Waals surface area contributed by atoms with E-state index < -0.39 is 0 Å². The SMILES string of the molecule is CC[N+]1(CC)Cc2cc3ccccc3c(-c3cccc4ccccc34)c2C1.[Br-]. The molecule has 0 N–H and O–H groups in total. The molecule has 0 fully saturated rings. The third-order valence-electron chi connectivity index (χ3n) is 6.65. The van der Waals surface area contributed by atoms with Crippen molar-refractivity contribution in [3.63, 3.8) is 0 Å². The van der Waals surface area contributed by atoms with Crippen molar-refractivity contribution in [3.8, 4) is 11.1 Å². The Kier molecular flexibility index (Phi) is 5.03. The van der Waals surface area contributed by atoms with Crippen molar-refractivity contribution < 1.29 is 21.5 Å². The predicted molar refractivity (Wildman–Crippen MR) is 116 cm³/mol. The molecule has 0 radical (unpaired) electrons. The maximum atomic E-state index is 2.45. The first kappa shape index (κ1) is 19.2. The predicted octanol–water partition coefficient (Wildman–Crippen LogP) is 3.53. The lowest BCUT2D eigenvalue weighted by Crippen LogP contribution is -3.00. The molecule has 0 saturated carbocycles. The molecule has 2 heteroatoms. The topological polar surface area (TPSA) is 0 Å². The molecule has 4 aromatic rings. The Morgan fingerprint density at radius 3 is 2.11 bits per heavy atom. The number of rotatable bonds is 3. The van der Waals surface area contributed by atoms with E-state index in [-0.39, 0.29) is 17.0 Å². The molecule has 142 valence electrons. The van der Waals surface area contributed by atoms with Crippen LogP contribution in [0.4, 0.5) is 0 Å². The Hall–Kier alpha value is -2.16. The molecular formula is C26H26BrN. The van der Waals surface area contributed by atoms with E-state index in [1.165, 1.54) is 50.2 Å². The highest BCUT2D eigenvalue weighted by atomic mass is 79.9. The van der Waals surface area contributed by atoms with Crippen molar-refractivity contribution in [2.45, 2.75) is 26.9 Å². The van der Waals surface area contributed by atoms with Gasteiger partial charge >= 0.3 is 0 Å². The molecule has 0 unspecified atom stereocenters. The Balaban J connectivity index is 0.00000192. The van der Waals surface area contributed by atoms with Crippen LogP contribution in [-0.2, 0) is 13.1 Å². The third kappa shape index (κ3) is 2.87. The van der Waals surface area contributed by atoms with Crippen molar-refractivity contribution in [2.75, 3.05) is 13.1 Å². The van der Waals surface area contributed by atoms with E-state index in [0.717, 1.165) is 13.1 Å². The van der Waals surface area contributed by atoms with Gasteiger partial charge in [-0.05, 0) is 52.6 Å². The van der Waals surface area contributed by atoms with Crippen LogP contribution < -0.4 is 17.0 Å². The lowest BCUT2D eigenvalue weighted by Gasteiger charge is -2.31. The van der Waals surface area contributed by atoms with Crippen molar-refractivity contribution in [2.24, 2.45) is 0 Å². The Morgan fingerprint density at radius 1 is 0.714 bits per heavy atom. The molecule has 0 saturated heterocycles. The molecule has 0 atom stereocenters. The largest absolute Gasteiger partial charge is 1.00 e. The number of halogens is 1. The standard InChI is InChI=1S/C26H26N.BrH/c1-3-27(4-2)17-21-16-20-11-6-8-14-23(20)26(25(21)18-27)24-15-9-12-19-10-5-7-13-22(19)24;/h5-16H,3-4,17-18H2,1-2H3;1H/q+1;/p-1. The van der Waals surface area contributed by atoms with Crippen LogP contribution in [0.5, 0.6) is 0 Å². The summed E-state index contributed by atoms with van der Waals surface area (Å²) in [6.07, 6.45) is 0. The van der Waals surface area contributed by atoms with Gasteiger partial charge in [0.2, 0.25) is 0 Å². The zero-order valence-corrected chi connectivity index (χ0v) is 18.2. The van der Waals surface area contributed by atoms with Gasteiger partial charge in [-0.2, -0.15) is 0 Å². The third-order valence-corrected chi connectivity index (χ3v) is 6.65. The van der Waals surface area contributed by atoms with E-state index >= 15 is 0 Å². The molecule has 28 heavy (non-hydrogen) atoms. The first-order chi connectivity index (χ1) is 13.2. The lowest BCUT2D eigenvalue weighted by molar-refractivity contribution is -0.944. The Bertz CT molecular complexity index is 1150. The molecule has 4 aromatic carbocycles. The molecule has 1 nitrogen and oxygen atoms in total. The number of hydrogen-bond donors (Lipinski definition) is 0. The fraction of sp³-hybridized carbons (Fsp3) is 0.231. The van der Waals surface area contributed by atoms with E-state index in [2.05, 4.69) is 86.6 Å². The number of fused-ring (bicyclic) bond motifs is 3. The summed E-state index contributed by atoms with van der Waals surface area (Å²) in [5.74, 6) is 0. The summed E-state index contributed by atoms with van der Waals surface area (Å²) >= 11 is 0. The summed E-state index contributed by atoms with van der Waals surface area (Å²) in [5.41, 5.74) is 5.95. The summed E-state index contributed by atoms with van der Waals surface area (Å²) in [4.78, 5) is 0. The van der Waals surface area contributed by atoms with E-state index in [1.54, 1.807) is 11.1 Å². The quantitative estimate of drug-likeness (QED) is 0.435. The van der Waals surface area contributed by atoms with Gasteiger partial charge < -0.3 is 21.5 Å². The Labute approximate surface area is 178 Å². The van der Waals surface area contributed by atoms with Crippen molar-refractivity contribution in [1.82, 2.24) is 0 Å². The summed E-state index contributed by atoms with van der Waals surface area (Å²) in [5, 5.41) is 5.43. The van der Waals surface area contributed by atoms with Crippen LogP contribution in [0, 0.1) is 0 Å². The lowest BCUT2D eigenvalue weighted by atomic mass is 9.88. The number of quaternary nitrogens is 1. The smallest absolute Gasteiger partial charge is 0.106 e. The summed E-state index contributed by atoms with van der Waals surface area (Å²) in [6.45, 7) is 9.36. The second-order valence-corrected chi connectivity index (χ2v) is 7.93. The summed E-state index contributed by atoms with van der Waals surface area (Å²) < 4.78 is 1.17. The van der Waals surface area contributed by atoms with Crippen molar-refractivity contribution in [3.05, 3.63) is 83.9 Å². The molecule has 5 rings (SSSR count). The first-order valence-corrected chi connectivity index (χ1v) is 10.1. The molecule has 0 spiro atoms. The molecule has 0 bridgehead atoms. The highest BCUT2D eigenvalue weighted by Crippen LogP contribution is 2.43. The normalized spacial score (nSPS) is 14.8. The average molecular weight is 432 g/mol. The minimum absolute atomic E-state index is 0. The average Bonchev–Trinajstić information content (AvgIpc) is 3.10. The van der Waals surface area contributed by atoms with Crippen LogP contribution in [0.2, 0.25) is 0 Å². The Morgan fingerprint density at radius 2 is 1.36 bits per heavy atom. The van der Waals surface area contributed by atoms with Gasteiger partial charge in [-0.1, -0.05) is 66.7 Å². The fourth-order valence-electron chi connectivity index (χ4n) is 4.94. The molecule has 0 aliphatic carbocycles. The zero-order valence-electron chi connectivity index (χ0n) is 16.6. The van der Waals surface area contributed by atoms with Crippen LogP contribution in [0.25, 0.3) is 32.7 Å². The molecule has 0 aromatic heterocycles. The zero-order chi connectivity index (χ0) is 18.4. The molecule has 1 aliphatic heterocycles. The first-order valence-electron chi connectivity index (χ1n) is 10.1. The molecular weight excluding hydrogens is 406 g/mol. The number of benzene rings is 4. The maximum Gasteiger partial charge on any atom is 0.106 e. The van der Waals surface area contributed by atoms with Crippen molar-refractivity contribution >= 4 is 21.5 Å². The van der Waals surface area contributed by atoms with Gasteiger partial charge in [0.15, 0.2) is 0 Å². The monoisotopic (exact) mass is 431 g/mol. The van der Waals surface area contributed by atoms with Crippen LogP contribution in [0.1, 0.15) is 25.0 Å². The van der Waals surface area contributed by atoms with Gasteiger partial charge in [0.1, 0.15) is 13.1 Å². The summed E-state index contributed by atoms with van der Waals surface area (Å²) in [7, 11) is 0. The van der Waals surface area contributed by atoms with E-state index in [0.29, 0.717) is 0 Å². The molecule has 1 aliphatic rings. The number of hydrogen-bond acceptors (Lipinski definition) is 0.